The second-order valence-corrected chi connectivity index (χ2v) is 6.38. The number of nitrogens with zero attached hydrogens (tertiary/aromatic N) is 2. The molecule has 180 valence electrons. The van der Waals surface area contributed by atoms with E-state index < -0.39 is 19.3 Å². The van der Waals surface area contributed by atoms with Crippen LogP contribution in [0.15, 0.2) is 23.2 Å². The molecule has 0 aromatic heterocycles. The number of aliphatic imine (C=N–C) groups is 1. The monoisotopic (exact) mass is 568 g/mol. The maximum atomic E-state index is 12.8. The Balaban J connectivity index is 0.00000900. The number of nitrogens with one attached hydrogen (secondary N) is 2. The van der Waals surface area contributed by atoms with Gasteiger partial charge >= 0.3 is 12.8 Å². The number of guanidine groups is 1. The number of ether oxygens (including phenoxy) is 2. The Bertz CT molecular complexity index is 663. The average Bonchev–Trinajstić information content (AvgIpc) is 2.63. The van der Waals surface area contributed by atoms with Crippen LogP contribution < -0.4 is 20.1 Å². The minimum absolute atomic E-state index is 0. The van der Waals surface area contributed by atoms with E-state index in [9.17, 15) is 22.0 Å². The summed E-state index contributed by atoms with van der Waals surface area (Å²) < 4.78 is 72.6. The van der Waals surface area contributed by atoms with Gasteiger partial charge in [-0.15, -0.1) is 24.0 Å². The van der Waals surface area contributed by atoms with Gasteiger partial charge in [-0.25, -0.2) is 4.99 Å². The third-order valence-electron chi connectivity index (χ3n) is 3.78. The molecule has 2 N–H and O–H groups in total. The molecule has 0 spiro atoms. The maximum Gasteiger partial charge on any atom is 0.401 e. The van der Waals surface area contributed by atoms with Crippen molar-refractivity contribution in [3.8, 4) is 11.5 Å². The highest BCUT2D eigenvalue weighted by molar-refractivity contribution is 14.0. The normalized spacial score (nSPS) is 12.0. The van der Waals surface area contributed by atoms with Crippen LogP contribution in [0.3, 0.4) is 0 Å². The summed E-state index contributed by atoms with van der Waals surface area (Å²) in [4.78, 5) is 5.54. The van der Waals surface area contributed by atoms with Gasteiger partial charge in [0.25, 0.3) is 0 Å². The van der Waals surface area contributed by atoms with Gasteiger partial charge in [-0.3, -0.25) is 4.90 Å². The summed E-state index contributed by atoms with van der Waals surface area (Å²) >= 11 is 0. The summed E-state index contributed by atoms with van der Waals surface area (Å²) in [6.45, 7) is 1.16. The molecular formula is C19H30F5IN4O2. The average molecular weight is 568 g/mol. The van der Waals surface area contributed by atoms with Crippen molar-refractivity contribution in [2.24, 2.45) is 4.99 Å². The molecule has 0 aliphatic rings. The van der Waals surface area contributed by atoms with Crippen molar-refractivity contribution in [1.82, 2.24) is 15.5 Å². The van der Waals surface area contributed by atoms with E-state index in [0.717, 1.165) is 0 Å². The molecule has 0 atom stereocenters. The molecule has 0 heterocycles. The lowest BCUT2D eigenvalue weighted by molar-refractivity contribution is -0.143. The Kier molecular flexibility index (Phi) is 14.5. The molecule has 31 heavy (non-hydrogen) atoms. The highest BCUT2D eigenvalue weighted by atomic mass is 127. The molecule has 0 amide bonds. The molecule has 1 rings (SSSR count). The first-order valence-electron chi connectivity index (χ1n) is 9.63. The molecule has 1 aromatic carbocycles. The van der Waals surface area contributed by atoms with Crippen molar-refractivity contribution in [3.05, 3.63) is 23.8 Å². The van der Waals surface area contributed by atoms with Crippen molar-refractivity contribution >= 4 is 29.9 Å². The fourth-order valence-corrected chi connectivity index (χ4v) is 2.62. The van der Waals surface area contributed by atoms with Crippen LogP contribution in [0.4, 0.5) is 22.0 Å². The standard InChI is InChI=1S/C19H29F5N4O2.HI/c1-4-25-18(26-10-7-11-28(3)13-19(22,23)24)27-12-14-8-6-9-15(29-5-2)16(14)30-17(20)21;/h6,8-9,17H,4-5,7,10-13H2,1-3H3,(H2,25,26,27);1H. The third kappa shape index (κ3) is 12.8. The Morgan fingerprint density at radius 3 is 2.48 bits per heavy atom. The first kappa shape index (κ1) is 29.4. The zero-order valence-corrected chi connectivity index (χ0v) is 20.1. The van der Waals surface area contributed by atoms with Crippen molar-refractivity contribution in [2.45, 2.75) is 39.6 Å². The van der Waals surface area contributed by atoms with Crippen LogP contribution >= 0.6 is 24.0 Å². The number of halogens is 6. The summed E-state index contributed by atoms with van der Waals surface area (Å²) in [6, 6.07) is 4.81. The third-order valence-corrected chi connectivity index (χ3v) is 3.78. The number of para-hydroxylation sites is 1. The predicted octanol–water partition coefficient (Wildman–Crippen LogP) is 4.24. The first-order valence-corrected chi connectivity index (χ1v) is 9.63. The molecule has 0 aliphatic heterocycles. The second kappa shape index (κ2) is 15.3. The smallest absolute Gasteiger partial charge is 0.401 e. The van der Waals surface area contributed by atoms with Crippen LogP contribution in [0.2, 0.25) is 0 Å². The fraction of sp³-hybridized carbons (Fsp3) is 0.632. The van der Waals surface area contributed by atoms with Crippen molar-refractivity contribution in [1.29, 1.82) is 0 Å². The van der Waals surface area contributed by atoms with Crippen molar-refractivity contribution < 1.29 is 31.4 Å². The second-order valence-electron chi connectivity index (χ2n) is 6.38. The topological polar surface area (TPSA) is 58.1 Å². The number of hydrogen-bond acceptors (Lipinski definition) is 4. The fourth-order valence-electron chi connectivity index (χ4n) is 2.62. The summed E-state index contributed by atoms with van der Waals surface area (Å²) in [5, 5.41) is 6.02. The molecule has 0 aliphatic carbocycles. The SMILES string of the molecule is CCNC(=NCc1cccc(OCC)c1OC(F)F)NCCCN(C)CC(F)(F)F.I. The van der Waals surface area contributed by atoms with Gasteiger partial charge in [-0.2, -0.15) is 22.0 Å². The van der Waals surface area contributed by atoms with Gasteiger partial charge in [0.2, 0.25) is 0 Å². The molecule has 0 bridgehead atoms. The molecule has 0 radical (unpaired) electrons. The van der Waals surface area contributed by atoms with Gasteiger partial charge < -0.3 is 20.1 Å². The lowest BCUT2D eigenvalue weighted by Gasteiger charge is -2.19. The number of hydrogen-bond donors (Lipinski definition) is 2. The van der Waals surface area contributed by atoms with E-state index in [4.69, 9.17) is 4.74 Å². The zero-order valence-electron chi connectivity index (χ0n) is 17.8. The highest BCUT2D eigenvalue weighted by Crippen LogP contribution is 2.33. The Hall–Kier alpha value is -1.57. The van der Waals surface area contributed by atoms with E-state index in [0.29, 0.717) is 37.6 Å². The molecule has 0 saturated heterocycles. The van der Waals surface area contributed by atoms with Gasteiger partial charge in [0.1, 0.15) is 0 Å². The zero-order chi connectivity index (χ0) is 22.6. The Labute approximate surface area is 196 Å². The minimum Gasteiger partial charge on any atom is -0.490 e. The minimum atomic E-state index is -4.23. The molecule has 6 nitrogen and oxygen atoms in total. The van der Waals surface area contributed by atoms with Crippen LogP contribution in [0.1, 0.15) is 25.8 Å². The van der Waals surface area contributed by atoms with Gasteiger partial charge in [0.15, 0.2) is 17.5 Å². The lowest BCUT2D eigenvalue weighted by atomic mass is 10.2. The highest BCUT2D eigenvalue weighted by Gasteiger charge is 2.28. The van der Waals surface area contributed by atoms with Gasteiger partial charge in [-0.05, 0) is 39.9 Å². The van der Waals surface area contributed by atoms with Crippen LogP contribution in [-0.4, -0.2) is 63.5 Å². The van der Waals surface area contributed by atoms with Gasteiger partial charge in [0.05, 0.1) is 19.7 Å². The lowest BCUT2D eigenvalue weighted by Crippen LogP contribution is -2.39. The van der Waals surface area contributed by atoms with Crippen molar-refractivity contribution in [2.75, 3.05) is 39.8 Å². The summed E-state index contributed by atoms with van der Waals surface area (Å²) in [5.41, 5.74) is 0.420. The summed E-state index contributed by atoms with van der Waals surface area (Å²) in [5.74, 6) is 0.555. The Morgan fingerprint density at radius 1 is 1.19 bits per heavy atom. The van der Waals surface area contributed by atoms with Gasteiger partial charge in [-0.1, -0.05) is 12.1 Å². The predicted molar refractivity (Wildman–Crippen MR) is 121 cm³/mol. The van der Waals surface area contributed by atoms with Crippen LogP contribution in [0.25, 0.3) is 0 Å². The molecule has 1 aromatic rings. The molecule has 0 unspecified atom stereocenters. The molecule has 12 heteroatoms. The van der Waals surface area contributed by atoms with E-state index in [1.165, 1.54) is 18.0 Å². The van der Waals surface area contributed by atoms with E-state index in [-0.39, 0.29) is 48.6 Å². The number of benzene rings is 1. The van der Waals surface area contributed by atoms with Crippen LogP contribution in [-0.2, 0) is 6.54 Å². The van der Waals surface area contributed by atoms with E-state index in [1.54, 1.807) is 19.1 Å². The number of rotatable bonds is 12. The summed E-state index contributed by atoms with van der Waals surface area (Å²) in [7, 11) is 1.41. The van der Waals surface area contributed by atoms with Crippen molar-refractivity contribution in [3.63, 3.8) is 0 Å². The quantitative estimate of drug-likeness (QED) is 0.130. The molecule has 0 saturated carbocycles. The van der Waals surface area contributed by atoms with E-state index in [1.807, 2.05) is 6.92 Å². The molecular weight excluding hydrogens is 538 g/mol. The van der Waals surface area contributed by atoms with E-state index in [2.05, 4.69) is 20.4 Å². The van der Waals surface area contributed by atoms with Gasteiger partial charge in [0, 0.05) is 18.7 Å². The molecule has 0 fully saturated rings. The Morgan fingerprint density at radius 2 is 1.90 bits per heavy atom. The largest absolute Gasteiger partial charge is 0.490 e. The number of alkyl halides is 5. The van der Waals surface area contributed by atoms with Crippen LogP contribution in [0, 0.1) is 0 Å². The summed E-state index contributed by atoms with van der Waals surface area (Å²) in [6.07, 6.45) is -3.76. The maximum absolute atomic E-state index is 12.8. The van der Waals surface area contributed by atoms with E-state index >= 15 is 0 Å². The first-order chi connectivity index (χ1) is 14.2. The van der Waals surface area contributed by atoms with Crippen LogP contribution in [0.5, 0.6) is 11.5 Å².